The van der Waals surface area contributed by atoms with E-state index in [1.54, 1.807) is 6.07 Å². The molecule has 0 atom stereocenters. The lowest BCUT2D eigenvalue weighted by Gasteiger charge is -2.10. The third-order valence-corrected chi connectivity index (χ3v) is 3.21. The predicted octanol–water partition coefficient (Wildman–Crippen LogP) is 4.47. The molecule has 2 rings (SSSR count). The van der Waals surface area contributed by atoms with Crippen LogP contribution in [-0.2, 0) is 0 Å². The summed E-state index contributed by atoms with van der Waals surface area (Å²) < 4.78 is 11.7. The van der Waals surface area contributed by atoms with Crippen molar-refractivity contribution in [2.75, 3.05) is 7.11 Å². The minimum Gasteiger partial charge on any atom is -0.490 e. The summed E-state index contributed by atoms with van der Waals surface area (Å²) in [5.74, 6) is 1.34. The van der Waals surface area contributed by atoms with Crippen molar-refractivity contribution in [3.63, 3.8) is 0 Å². The summed E-state index contributed by atoms with van der Waals surface area (Å²) in [5.41, 5.74) is 0.865. The fraction of sp³-hybridized carbons (Fsp3) is 0.143. The van der Waals surface area contributed by atoms with Crippen molar-refractivity contribution in [1.82, 2.24) is 0 Å². The molecule has 0 radical (unpaired) electrons. The Bertz CT molecular complexity index is 658. The van der Waals surface area contributed by atoms with Gasteiger partial charge in [-0.2, -0.15) is 0 Å². The second kappa shape index (κ2) is 5.92. The first-order valence-electron chi connectivity index (χ1n) is 5.77. The molecule has 6 heteroatoms. The smallest absolute Gasteiger partial charge is 0.311 e. The quantitative estimate of drug-likeness (QED) is 0.610. The Balaban J connectivity index is 2.32. The van der Waals surface area contributed by atoms with E-state index in [0.717, 1.165) is 10.0 Å². The van der Waals surface area contributed by atoms with E-state index in [4.69, 9.17) is 9.47 Å². The van der Waals surface area contributed by atoms with Gasteiger partial charge in [-0.3, -0.25) is 10.1 Å². The molecular formula is C14H12BrNO4. The molecule has 104 valence electrons. The topological polar surface area (TPSA) is 61.6 Å². The summed E-state index contributed by atoms with van der Waals surface area (Å²) in [5, 5.41) is 10.8. The third kappa shape index (κ3) is 3.08. The average Bonchev–Trinajstić information content (AvgIpc) is 2.41. The number of nitro groups is 1. The lowest BCUT2D eigenvalue weighted by atomic mass is 10.2. The first kappa shape index (κ1) is 14.3. The van der Waals surface area contributed by atoms with E-state index in [9.17, 15) is 10.1 Å². The molecule has 5 nitrogen and oxygen atoms in total. The van der Waals surface area contributed by atoms with E-state index in [1.165, 1.54) is 19.2 Å². The van der Waals surface area contributed by atoms with E-state index < -0.39 is 4.92 Å². The van der Waals surface area contributed by atoms with Gasteiger partial charge in [0.05, 0.1) is 12.0 Å². The van der Waals surface area contributed by atoms with Crippen LogP contribution in [0.4, 0.5) is 5.69 Å². The second-order valence-electron chi connectivity index (χ2n) is 4.10. The lowest BCUT2D eigenvalue weighted by molar-refractivity contribution is -0.385. The number of halogens is 1. The van der Waals surface area contributed by atoms with Gasteiger partial charge in [-0.15, -0.1) is 0 Å². The van der Waals surface area contributed by atoms with Crippen LogP contribution in [0.25, 0.3) is 0 Å². The van der Waals surface area contributed by atoms with Gasteiger partial charge in [-0.05, 0) is 36.8 Å². The van der Waals surface area contributed by atoms with Gasteiger partial charge >= 0.3 is 5.69 Å². The number of ether oxygens (including phenoxy) is 2. The summed E-state index contributed by atoms with van der Waals surface area (Å²) >= 11 is 3.38. The molecule has 0 aliphatic carbocycles. The Hall–Kier alpha value is -2.08. The Kier molecular flexibility index (Phi) is 4.24. The largest absolute Gasteiger partial charge is 0.490 e. The number of nitrogens with zero attached hydrogens (tertiary/aromatic N) is 1. The molecule has 0 amide bonds. The molecule has 0 aliphatic rings. The molecule has 0 aromatic heterocycles. The monoisotopic (exact) mass is 337 g/mol. The Morgan fingerprint density at radius 3 is 2.50 bits per heavy atom. The molecule has 0 saturated heterocycles. The van der Waals surface area contributed by atoms with Gasteiger partial charge in [0.15, 0.2) is 0 Å². The molecule has 0 heterocycles. The molecule has 0 saturated carbocycles. The van der Waals surface area contributed by atoms with Gasteiger partial charge in [0.1, 0.15) is 11.5 Å². The molecule has 2 aromatic rings. The molecule has 0 unspecified atom stereocenters. The van der Waals surface area contributed by atoms with Crippen LogP contribution < -0.4 is 9.47 Å². The van der Waals surface area contributed by atoms with Gasteiger partial charge in [0, 0.05) is 16.6 Å². The SMILES string of the molecule is COc1cc(Oc2ccc(Br)cc2C)ccc1[N+](=O)[O-]. The molecule has 0 N–H and O–H groups in total. The van der Waals surface area contributed by atoms with Gasteiger partial charge in [0.25, 0.3) is 0 Å². The Morgan fingerprint density at radius 2 is 1.90 bits per heavy atom. The third-order valence-electron chi connectivity index (χ3n) is 2.71. The van der Waals surface area contributed by atoms with E-state index in [-0.39, 0.29) is 11.4 Å². The molecule has 0 spiro atoms. The van der Waals surface area contributed by atoms with Crippen molar-refractivity contribution in [2.45, 2.75) is 6.92 Å². The van der Waals surface area contributed by atoms with Crippen LogP contribution in [0.3, 0.4) is 0 Å². The van der Waals surface area contributed by atoms with Crippen LogP contribution in [0.1, 0.15) is 5.56 Å². The summed E-state index contributed by atoms with van der Waals surface area (Å²) in [7, 11) is 1.39. The van der Waals surface area contributed by atoms with E-state index in [1.807, 2.05) is 25.1 Å². The molecule has 0 bridgehead atoms. The van der Waals surface area contributed by atoms with Gasteiger partial charge in [-0.1, -0.05) is 15.9 Å². The molecule has 0 aliphatic heterocycles. The van der Waals surface area contributed by atoms with Crippen molar-refractivity contribution in [2.24, 2.45) is 0 Å². The number of rotatable bonds is 4. The normalized spacial score (nSPS) is 10.2. The zero-order valence-corrected chi connectivity index (χ0v) is 12.5. The van der Waals surface area contributed by atoms with Crippen molar-refractivity contribution < 1.29 is 14.4 Å². The highest BCUT2D eigenvalue weighted by atomic mass is 79.9. The molecule has 20 heavy (non-hydrogen) atoms. The summed E-state index contributed by atoms with van der Waals surface area (Å²) in [6.07, 6.45) is 0. The van der Waals surface area contributed by atoms with Crippen LogP contribution in [0.15, 0.2) is 40.9 Å². The van der Waals surface area contributed by atoms with E-state index in [2.05, 4.69) is 15.9 Å². The molecule has 0 fully saturated rings. The Labute approximate surface area is 124 Å². The van der Waals surface area contributed by atoms with E-state index >= 15 is 0 Å². The van der Waals surface area contributed by atoms with Gasteiger partial charge < -0.3 is 9.47 Å². The number of hydrogen-bond acceptors (Lipinski definition) is 4. The maximum absolute atomic E-state index is 10.8. The van der Waals surface area contributed by atoms with Crippen molar-refractivity contribution in [3.05, 3.63) is 56.5 Å². The number of methoxy groups -OCH3 is 1. The first-order valence-corrected chi connectivity index (χ1v) is 6.57. The maximum atomic E-state index is 10.8. The highest BCUT2D eigenvalue weighted by Gasteiger charge is 2.15. The Morgan fingerprint density at radius 1 is 1.15 bits per heavy atom. The minimum absolute atomic E-state index is 0.0904. The molecule has 2 aromatic carbocycles. The van der Waals surface area contributed by atoms with Crippen molar-refractivity contribution in [3.8, 4) is 17.2 Å². The maximum Gasteiger partial charge on any atom is 0.311 e. The highest BCUT2D eigenvalue weighted by molar-refractivity contribution is 9.10. The van der Waals surface area contributed by atoms with Crippen LogP contribution in [0.5, 0.6) is 17.2 Å². The highest BCUT2D eigenvalue weighted by Crippen LogP contribution is 2.34. The standard InChI is InChI=1S/C14H12BrNO4/c1-9-7-10(15)3-6-13(9)20-11-4-5-12(16(17)18)14(8-11)19-2/h3-8H,1-2H3. The lowest BCUT2D eigenvalue weighted by Crippen LogP contribution is -1.94. The number of hydrogen-bond donors (Lipinski definition) is 0. The number of nitro benzene ring substituents is 1. The van der Waals surface area contributed by atoms with Crippen LogP contribution in [0.2, 0.25) is 0 Å². The van der Waals surface area contributed by atoms with Crippen LogP contribution >= 0.6 is 15.9 Å². The first-order chi connectivity index (χ1) is 9.51. The number of benzene rings is 2. The fourth-order valence-corrected chi connectivity index (χ4v) is 2.20. The van der Waals surface area contributed by atoms with Crippen molar-refractivity contribution in [1.29, 1.82) is 0 Å². The zero-order valence-electron chi connectivity index (χ0n) is 10.9. The van der Waals surface area contributed by atoms with Gasteiger partial charge in [-0.25, -0.2) is 0 Å². The summed E-state index contributed by atoms with van der Waals surface area (Å²) in [6, 6.07) is 10.0. The van der Waals surface area contributed by atoms with Crippen LogP contribution in [-0.4, -0.2) is 12.0 Å². The van der Waals surface area contributed by atoms with E-state index in [0.29, 0.717) is 11.5 Å². The number of aryl methyl sites for hydroxylation is 1. The zero-order chi connectivity index (χ0) is 14.7. The van der Waals surface area contributed by atoms with Gasteiger partial charge in [0.2, 0.25) is 5.75 Å². The van der Waals surface area contributed by atoms with Crippen LogP contribution in [0, 0.1) is 17.0 Å². The molecular weight excluding hydrogens is 326 g/mol. The summed E-state index contributed by atoms with van der Waals surface area (Å²) in [6.45, 7) is 1.92. The second-order valence-corrected chi connectivity index (χ2v) is 5.02. The summed E-state index contributed by atoms with van der Waals surface area (Å²) in [4.78, 5) is 10.3. The van der Waals surface area contributed by atoms with Crippen molar-refractivity contribution >= 4 is 21.6 Å². The minimum atomic E-state index is -0.493. The fourth-order valence-electron chi connectivity index (χ4n) is 1.73. The predicted molar refractivity (Wildman–Crippen MR) is 78.6 cm³/mol. The average molecular weight is 338 g/mol.